The second kappa shape index (κ2) is 17.1. The topological polar surface area (TPSA) is 52.6 Å². The highest BCUT2D eigenvalue weighted by Gasteiger charge is 2.15. The van der Waals surface area contributed by atoms with E-state index in [1.807, 2.05) is 37.3 Å². The molecule has 1 aromatic carbocycles. The van der Waals surface area contributed by atoms with Gasteiger partial charge in [0.05, 0.1) is 6.61 Å². The minimum atomic E-state index is -0.257. The van der Waals surface area contributed by atoms with Crippen LogP contribution in [-0.4, -0.2) is 18.5 Å². The second-order valence-electron chi connectivity index (χ2n) is 7.70. The standard InChI is InChI=1S/C25H40O4/c1-3-5-6-7-8-9-10-11-15-21-28-24(26)19-16-20-25(27)29-23(4-2)22-17-13-12-14-18-22/h12-14,17-18,23H,3-11,15-16,19-21H2,1-2H3. The van der Waals surface area contributed by atoms with Gasteiger partial charge in [-0.15, -0.1) is 0 Å². The van der Waals surface area contributed by atoms with E-state index in [2.05, 4.69) is 6.92 Å². The Morgan fingerprint density at radius 1 is 0.759 bits per heavy atom. The number of esters is 2. The van der Waals surface area contributed by atoms with E-state index < -0.39 is 0 Å². The number of benzene rings is 1. The fourth-order valence-electron chi connectivity index (χ4n) is 3.32. The van der Waals surface area contributed by atoms with E-state index in [4.69, 9.17) is 9.47 Å². The van der Waals surface area contributed by atoms with Gasteiger partial charge in [-0.05, 0) is 24.8 Å². The van der Waals surface area contributed by atoms with Crippen LogP contribution in [0.15, 0.2) is 30.3 Å². The molecule has 0 aliphatic carbocycles. The molecule has 0 amide bonds. The SMILES string of the molecule is CCCCCCCCCCCOC(=O)CCCC(=O)OC(CC)c1ccccc1. The average Bonchev–Trinajstić information content (AvgIpc) is 2.74. The Kier molecular flexibility index (Phi) is 14.8. The first-order valence-electron chi connectivity index (χ1n) is 11.6. The maximum atomic E-state index is 12.0. The zero-order chi connectivity index (χ0) is 21.2. The first-order chi connectivity index (χ1) is 14.2. The molecular weight excluding hydrogens is 364 g/mol. The third kappa shape index (κ3) is 13.1. The van der Waals surface area contributed by atoms with Gasteiger partial charge in [0.1, 0.15) is 6.10 Å². The molecule has 0 aliphatic rings. The first-order valence-corrected chi connectivity index (χ1v) is 11.6. The third-order valence-corrected chi connectivity index (χ3v) is 5.09. The van der Waals surface area contributed by atoms with Crippen molar-refractivity contribution in [1.29, 1.82) is 0 Å². The number of carbonyl (C=O) groups is 2. The van der Waals surface area contributed by atoms with Crippen LogP contribution < -0.4 is 0 Å². The van der Waals surface area contributed by atoms with Crippen LogP contribution in [-0.2, 0) is 19.1 Å². The molecule has 1 rings (SSSR count). The summed E-state index contributed by atoms with van der Waals surface area (Å²) >= 11 is 0. The van der Waals surface area contributed by atoms with Gasteiger partial charge in [-0.2, -0.15) is 0 Å². The molecule has 0 radical (unpaired) electrons. The van der Waals surface area contributed by atoms with E-state index in [0.717, 1.165) is 24.8 Å². The quantitative estimate of drug-likeness (QED) is 0.209. The molecule has 0 N–H and O–H groups in total. The van der Waals surface area contributed by atoms with Crippen LogP contribution in [0.25, 0.3) is 0 Å². The summed E-state index contributed by atoms with van der Waals surface area (Å²) in [7, 11) is 0. The molecule has 1 atom stereocenters. The van der Waals surface area contributed by atoms with E-state index in [9.17, 15) is 9.59 Å². The summed E-state index contributed by atoms with van der Waals surface area (Å²) < 4.78 is 10.8. The van der Waals surface area contributed by atoms with Crippen LogP contribution in [0.3, 0.4) is 0 Å². The molecule has 164 valence electrons. The zero-order valence-electron chi connectivity index (χ0n) is 18.5. The summed E-state index contributed by atoms with van der Waals surface area (Å²) in [6, 6.07) is 9.75. The van der Waals surface area contributed by atoms with Gasteiger partial charge in [0.25, 0.3) is 0 Å². The number of ether oxygens (including phenoxy) is 2. The summed E-state index contributed by atoms with van der Waals surface area (Å²) in [6.07, 6.45) is 12.7. The van der Waals surface area contributed by atoms with Crippen LogP contribution in [0.4, 0.5) is 0 Å². The van der Waals surface area contributed by atoms with E-state index >= 15 is 0 Å². The molecule has 0 aromatic heterocycles. The molecule has 4 nitrogen and oxygen atoms in total. The number of hydrogen-bond acceptors (Lipinski definition) is 4. The Hall–Kier alpha value is -1.84. The predicted octanol–water partition coefficient (Wildman–Crippen LogP) is 6.93. The summed E-state index contributed by atoms with van der Waals surface area (Å²) in [5, 5.41) is 0. The summed E-state index contributed by atoms with van der Waals surface area (Å²) in [4.78, 5) is 23.8. The van der Waals surface area contributed by atoms with Gasteiger partial charge >= 0.3 is 11.9 Å². The van der Waals surface area contributed by atoms with Crippen molar-refractivity contribution in [1.82, 2.24) is 0 Å². The van der Waals surface area contributed by atoms with Crippen LogP contribution in [0.5, 0.6) is 0 Å². The molecule has 0 saturated carbocycles. The highest BCUT2D eigenvalue weighted by Crippen LogP contribution is 2.21. The van der Waals surface area contributed by atoms with Crippen LogP contribution in [0.2, 0.25) is 0 Å². The molecule has 0 aliphatic heterocycles. The fourth-order valence-corrected chi connectivity index (χ4v) is 3.32. The van der Waals surface area contributed by atoms with Crippen molar-refractivity contribution >= 4 is 11.9 Å². The molecule has 0 bridgehead atoms. The summed E-state index contributed by atoms with van der Waals surface area (Å²) in [5.74, 6) is -0.472. The molecule has 1 aromatic rings. The normalized spacial score (nSPS) is 11.8. The van der Waals surface area contributed by atoms with Crippen molar-refractivity contribution in [2.24, 2.45) is 0 Å². The Morgan fingerprint density at radius 2 is 1.34 bits per heavy atom. The van der Waals surface area contributed by atoms with E-state index in [1.54, 1.807) is 0 Å². The largest absolute Gasteiger partial charge is 0.466 e. The molecule has 0 spiro atoms. The van der Waals surface area contributed by atoms with Crippen LogP contribution in [0.1, 0.15) is 109 Å². The van der Waals surface area contributed by atoms with Gasteiger partial charge in [-0.25, -0.2) is 0 Å². The van der Waals surface area contributed by atoms with Crippen molar-refractivity contribution in [3.8, 4) is 0 Å². The Balaban J connectivity index is 2.01. The van der Waals surface area contributed by atoms with Gasteiger partial charge in [0.2, 0.25) is 0 Å². The van der Waals surface area contributed by atoms with E-state index in [1.165, 1.54) is 44.9 Å². The number of unbranched alkanes of at least 4 members (excludes halogenated alkanes) is 8. The van der Waals surface area contributed by atoms with Crippen molar-refractivity contribution in [3.05, 3.63) is 35.9 Å². The molecule has 0 fully saturated rings. The number of rotatable bonds is 17. The van der Waals surface area contributed by atoms with Crippen molar-refractivity contribution in [2.75, 3.05) is 6.61 Å². The van der Waals surface area contributed by atoms with Gasteiger partial charge in [-0.3, -0.25) is 9.59 Å². The van der Waals surface area contributed by atoms with Gasteiger partial charge in [0.15, 0.2) is 0 Å². The van der Waals surface area contributed by atoms with E-state index in [0.29, 0.717) is 13.0 Å². The fraction of sp³-hybridized carbons (Fsp3) is 0.680. The summed E-state index contributed by atoms with van der Waals surface area (Å²) in [5.41, 5.74) is 1.00. The van der Waals surface area contributed by atoms with Gasteiger partial charge in [-0.1, -0.05) is 95.5 Å². The monoisotopic (exact) mass is 404 g/mol. The van der Waals surface area contributed by atoms with Crippen LogP contribution >= 0.6 is 0 Å². The van der Waals surface area contributed by atoms with Gasteiger partial charge < -0.3 is 9.47 Å². The number of hydrogen-bond donors (Lipinski definition) is 0. The zero-order valence-corrected chi connectivity index (χ0v) is 18.5. The minimum Gasteiger partial charge on any atom is -0.466 e. The average molecular weight is 405 g/mol. The lowest BCUT2D eigenvalue weighted by Crippen LogP contribution is -2.12. The Bertz CT molecular complexity index is 541. The Labute approximate surface area is 177 Å². The second-order valence-corrected chi connectivity index (χ2v) is 7.70. The van der Waals surface area contributed by atoms with Crippen LogP contribution in [0, 0.1) is 0 Å². The molecule has 1 unspecified atom stereocenters. The lowest BCUT2D eigenvalue weighted by Gasteiger charge is -2.16. The van der Waals surface area contributed by atoms with Crippen molar-refractivity contribution < 1.29 is 19.1 Å². The molecule has 4 heteroatoms. The molecule has 0 heterocycles. The third-order valence-electron chi connectivity index (χ3n) is 5.09. The maximum absolute atomic E-state index is 12.0. The highest BCUT2D eigenvalue weighted by molar-refractivity contribution is 5.72. The van der Waals surface area contributed by atoms with E-state index in [-0.39, 0.29) is 30.9 Å². The lowest BCUT2D eigenvalue weighted by atomic mass is 10.1. The van der Waals surface area contributed by atoms with Crippen molar-refractivity contribution in [2.45, 2.75) is 103 Å². The highest BCUT2D eigenvalue weighted by atomic mass is 16.5. The van der Waals surface area contributed by atoms with Crippen molar-refractivity contribution in [3.63, 3.8) is 0 Å². The van der Waals surface area contributed by atoms with Gasteiger partial charge in [0, 0.05) is 12.8 Å². The molecule has 0 saturated heterocycles. The summed E-state index contributed by atoms with van der Waals surface area (Å²) in [6.45, 7) is 4.72. The molecule has 29 heavy (non-hydrogen) atoms. The predicted molar refractivity (Wildman–Crippen MR) is 118 cm³/mol. The maximum Gasteiger partial charge on any atom is 0.306 e. The number of carbonyl (C=O) groups excluding carboxylic acids is 2. The Morgan fingerprint density at radius 3 is 1.97 bits per heavy atom. The molecular formula is C25H40O4. The minimum absolute atomic E-state index is 0.215. The lowest BCUT2D eigenvalue weighted by molar-refractivity contribution is -0.150. The smallest absolute Gasteiger partial charge is 0.306 e. The first kappa shape index (κ1) is 25.2.